The summed E-state index contributed by atoms with van der Waals surface area (Å²) < 4.78 is 4.77. The van der Waals surface area contributed by atoms with Gasteiger partial charge in [-0.25, -0.2) is 4.79 Å². The van der Waals surface area contributed by atoms with E-state index >= 15 is 0 Å². The summed E-state index contributed by atoms with van der Waals surface area (Å²) in [6.07, 6.45) is 1.29. The lowest BCUT2D eigenvalue weighted by atomic mass is 9.95. The zero-order valence-corrected chi connectivity index (χ0v) is 14.7. The molecular formula is C18H26N2O4. The fraction of sp³-hybridized carbons (Fsp3) is 0.500. The molecular weight excluding hydrogens is 308 g/mol. The number of carbonyl (C=O) groups excluding carboxylic acids is 3. The highest BCUT2D eigenvalue weighted by Gasteiger charge is 2.35. The fourth-order valence-electron chi connectivity index (χ4n) is 2.53. The molecule has 0 spiro atoms. The van der Waals surface area contributed by atoms with Crippen molar-refractivity contribution >= 4 is 17.8 Å². The number of benzene rings is 1. The van der Waals surface area contributed by atoms with E-state index in [0.717, 1.165) is 6.42 Å². The van der Waals surface area contributed by atoms with Gasteiger partial charge in [0.15, 0.2) is 0 Å². The minimum atomic E-state index is -1.05. The molecule has 0 heterocycles. The fourth-order valence-corrected chi connectivity index (χ4v) is 2.53. The maximum absolute atomic E-state index is 12.2. The highest BCUT2D eigenvalue weighted by atomic mass is 16.5. The molecule has 0 aliphatic heterocycles. The summed E-state index contributed by atoms with van der Waals surface area (Å²) in [6.45, 7) is 5.32. The molecule has 1 aromatic carbocycles. The summed E-state index contributed by atoms with van der Waals surface area (Å²) in [5.74, 6) is -1.02. The summed E-state index contributed by atoms with van der Waals surface area (Å²) in [7, 11) is 1.30. The highest BCUT2D eigenvalue weighted by Crippen LogP contribution is 2.15. The molecule has 2 N–H and O–H groups in total. The van der Waals surface area contributed by atoms with Crippen LogP contribution in [0.5, 0.6) is 0 Å². The third kappa shape index (κ3) is 5.68. The molecule has 0 aliphatic rings. The van der Waals surface area contributed by atoms with Gasteiger partial charge in [0.2, 0.25) is 5.91 Å². The number of ether oxygens (including phenoxy) is 1. The van der Waals surface area contributed by atoms with Crippen molar-refractivity contribution < 1.29 is 19.1 Å². The van der Waals surface area contributed by atoms with Crippen molar-refractivity contribution in [3.05, 3.63) is 35.9 Å². The van der Waals surface area contributed by atoms with Crippen LogP contribution in [0, 0.1) is 0 Å². The predicted molar refractivity (Wildman–Crippen MR) is 91.5 cm³/mol. The summed E-state index contributed by atoms with van der Waals surface area (Å²) in [5.41, 5.74) is -0.515. The molecule has 6 nitrogen and oxygen atoms in total. The SMILES string of the molecule is CCC[C@@](C)(NC(=O)C[C@@H](C)NC(=O)c1ccccc1)C(=O)OC. The van der Waals surface area contributed by atoms with E-state index in [4.69, 9.17) is 4.74 Å². The lowest BCUT2D eigenvalue weighted by Crippen LogP contribution is -2.53. The van der Waals surface area contributed by atoms with Crippen molar-refractivity contribution in [3.63, 3.8) is 0 Å². The molecule has 0 bridgehead atoms. The molecule has 6 heteroatoms. The lowest BCUT2D eigenvalue weighted by molar-refractivity contribution is -0.150. The van der Waals surface area contributed by atoms with Crippen LogP contribution in [0.15, 0.2) is 30.3 Å². The molecule has 2 atom stereocenters. The molecule has 24 heavy (non-hydrogen) atoms. The van der Waals surface area contributed by atoms with Gasteiger partial charge in [0.25, 0.3) is 5.91 Å². The van der Waals surface area contributed by atoms with Crippen molar-refractivity contribution in [1.29, 1.82) is 0 Å². The Balaban J connectivity index is 2.59. The van der Waals surface area contributed by atoms with Gasteiger partial charge in [0, 0.05) is 18.0 Å². The van der Waals surface area contributed by atoms with E-state index in [0.29, 0.717) is 12.0 Å². The second kappa shape index (κ2) is 9.05. The molecule has 0 aliphatic carbocycles. The smallest absolute Gasteiger partial charge is 0.331 e. The Labute approximate surface area is 143 Å². The molecule has 2 amide bonds. The van der Waals surface area contributed by atoms with Gasteiger partial charge < -0.3 is 15.4 Å². The Bertz CT molecular complexity index is 574. The number of methoxy groups -OCH3 is 1. The van der Waals surface area contributed by atoms with Crippen molar-refractivity contribution in [3.8, 4) is 0 Å². The predicted octanol–water partition coefficient (Wildman–Crippen LogP) is 2.04. The topological polar surface area (TPSA) is 84.5 Å². The van der Waals surface area contributed by atoms with Crippen molar-refractivity contribution in [2.24, 2.45) is 0 Å². The van der Waals surface area contributed by atoms with E-state index in [1.807, 2.05) is 13.0 Å². The second-order valence-corrected chi connectivity index (χ2v) is 6.07. The first-order valence-electron chi connectivity index (χ1n) is 8.07. The summed E-state index contributed by atoms with van der Waals surface area (Å²) >= 11 is 0. The highest BCUT2D eigenvalue weighted by molar-refractivity contribution is 5.94. The molecule has 132 valence electrons. The van der Waals surface area contributed by atoms with Crippen molar-refractivity contribution in [2.45, 2.75) is 51.6 Å². The van der Waals surface area contributed by atoms with Gasteiger partial charge in [0.05, 0.1) is 7.11 Å². The Hall–Kier alpha value is -2.37. The van der Waals surface area contributed by atoms with Crippen molar-refractivity contribution in [1.82, 2.24) is 10.6 Å². The molecule has 0 saturated heterocycles. The first kappa shape index (κ1) is 19.7. The third-order valence-corrected chi connectivity index (χ3v) is 3.71. The largest absolute Gasteiger partial charge is 0.467 e. The van der Waals surface area contributed by atoms with E-state index in [2.05, 4.69) is 10.6 Å². The molecule has 0 saturated carbocycles. The van der Waals surface area contributed by atoms with Gasteiger partial charge >= 0.3 is 5.97 Å². The number of hydrogen-bond acceptors (Lipinski definition) is 4. The van der Waals surface area contributed by atoms with Crippen LogP contribution in [-0.2, 0) is 14.3 Å². The quantitative estimate of drug-likeness (QED) is 0.713. The van der Waals surface area contributed by atoms with Crippen LogP contribution in [0.4, 0.5) is 0 Å². The zero-order valence-electron chi connectivity index (χ0n) is 14.7. The van der Waals surface area contributed by atoms with Gasteiger partial charge in [-0.15, -0.1) is 0 Å². The van der Waals surface area contributed by atoms with Crippen LogP contribution in [-0.4, -0.2) is 36.5 Å². The van der Waals surface area contributed by atoms with Gasteiger partial charge in [-0.1, -0.05) is 31.5 Å². The molecule has 0 aromatic heterocycles. The van der Waals surface area contributed by atoms with Crippen LogP contribution < -0.4 is 10.6 Å². The monoisotopic (exact) mass is 334 g/mol. The van der Waals surface area contributed by atoms with Crippen LogP contribution in [0.1, 0.15) is 50.4 Å². The minimum Gasteiger partial charge on any atom is -0.467 e. The molecule has 1 aromatic rings. The average Bonchev–Trinajstić information content (AvgIpc) is 2.54. The number of rotatable bonds is 8. The number of hydrogen-bond donors (Lipinski definition) is 2. The normalized spacial score (nSPS) is 14.2. The molecule has 0 fully saturated rings. The summed E-state index contributed by atoms with van der Waals surface area (Å²) in [5, 5.41) is 5.50. The number of nitrogens with one attached hydrogen (secondary N) is 2. The number of amides is 2. The maximum atomic E-state index is 12.2. The van der Waals surface area contributed by atoms with Gasteiger partial charge in [-0.2, -0.15) is 0 Å². The second-order valence-electron chi connectivity index (χ2n) is 6.07. The van der Waals surface area contributed by atoms with E-state index < -0.39 is 11.5 Å². The zero-order chi connectivity index (χ0) is 18.2. The Morgan fingerprint density at radius 2 is 1.83 bits per heavy atom. The Morgan fingerprint density at radius 3 is 2.38 bits per heavy atom. The molecule has 1 rings (SSSR count). The van der Waals surface area contributed by atoms with Gasteiger partial charge in [-0.05, 0) is 32.4 Å². The van der Waals surface area contributed by atoms with Gasteiger partial charge in [0.1, 0.15) is 5.54 Å². The number of esters is 1. The molecule has 0 unspecified atom stereocenters. The van der Waals surface area contributed by atoms with E-state index in [-0.39, 0.29) is 24.3 Å². The Morgan fingerprint density at radius 1 is 1.21 bits per heavy atom. The first-order chi connectivity index (χ1) is 11.3. The molecule has 0 radical (unpaired) electrons. The first-order valence-corrected chi connectivity index (χ1v) is 8.07. The van der Waals surface area contributed by atoms with Crippen LogP contribution in [0.3, 0.4) is 0 Å². The summed E-state index contributed by atoms with van der Waals surface area (Å²) in [4.78, 5) is 36.2. The summed E-state index contributed by atoms with van der Waals surface area (Å²) in [6, 6.07) is 8.43. The van der Waals surface area contributed by atoms with Crippen LogP contribution in [0.2, 0.25) is 0 Å². The lowest BCUT2D eigenvalue weighted by Gasteiger charge is -2.28. The van der Waals surface area contributed by atoms with Crippen molar-refractivity contribution in [2.75, 3.05) is 7.11 Å². The van der Waals surface area contributed by atoms with E-state index in [9.17, 15) is 14.4 Å². The van der Waals surface area contributed by atoms with Gasteiger partial charge in [-0.3, -0.25) is 9.59 Å². The Kier molecular flexibility index (Phi) is 7.42. The van der Waals surface area contributed by atoms with Crippen LogP contribution in [0.25, 0.3) is 0 Å². The van der Waals surface area contributed by atoms with Crippen LogP contribution >= 0.6 is 0 Å². The number of carbonyl (C=O) groups is 3. The third-order valence-electron chi connectivity index (χ3n) is 3.71. The van der Waals surface area contributed by atoms with E-state index in [1.165, 1.54) is 7.11 Å². The standard InChI is InChI=1S/C18H26N2O4/c1-5-11-18(3,17(23)24-4)20-15(21)12-13(2)19-16(22)14-9-7-6-8-10-14/h6-10,13H,5,11-12H2,1-4H3,(H,19,22)(H,20,21)/t13-,18-/m1/s1. The maximum Gasteiger partial charge on any atom is 0.331 e. The minimum absolute atomic E-state index is 0.0782. The van der Waals surface area contributed by atoms with E-state index in [1.54, 1.807) is 38.1 Å². The average molecular weight is 334 g/mol.